The lowest BCUT2D eigenvalue weighted by Gasteiger charge is -2.57. The zero-order chi connectivity index (χ0) is 14.7. The number of hydrogen-bond acceptors (Lipinski definition) is 2. The SMILES string of the molecule is CCCOOC1CCC(C(C)(C)C)(C(C)(C)C)CC1. The second-order valence-electron chi connectivity index (χ2n) is 8.20. The van der Waals surface area contributed by atoms with E-state index in [0.717, 1.165) is 19.3 Å². The highest BCUT2D eigenvalue weighted by atomic mass is 17.2. The summed E-state index contributed by atoms with van der Waals surface area (Å²) in [4.78, 5) is 10.8. The van der Waals surface area contributed by atoms with E-state index in [1.807, 2.05) is 0 Å². The molecule has 0 heterocycles. The van der Waals surface area contributed by atoms with Crippen molar-refractivity contribution in [3.05, 3.63) is 0 Å². The van der Waals surface area contributed by atoms with Crippen molar-refractivity contribution in [2.45, 2.75) is 86.7 Å². The van der Waals surface area contributed by atoms with Gasteiger partial charge in [-0.3, -0.25) is 0 Å². The predicted octanol–water partition coefficient (Wildman–Crippen LogP) is 5.37. The van der Waals surface area contributed by atoms with Gasteiger partial charge in [0, 0.05) is 0 Å². The molecule has 0 aromatic heterocycles. The molecule has 1 aliphatic rings. The maximum absolute atomic E-state index is 5.54. The maximum atomic E-state index is 5.54. The second-order valence-corrected chi connectivity index (χ2v) is 8.20. The van der Waals surface area contributed by atoms with E-state index in [1.54, 1.807) is 0 Å². The molecular formula is C17H34O2. The van der Waals surface area contributed by atoms with Crippen molar-refractivity contribution >= 4 is 0 Å². The Morgan fingerprint density at radius 2 is 1.42 bits per heavy atom. The van der Waals surface area contributed by atoms with Gasteiger partial charge in [0.25, 0.3) is 0 Å². The summed E-state index contributed by atoms with van der Waals surface area (Å²) >= 11 is 0. The van der Waals surface area contributed by atoms with Crippen molar-refractivity contribution in [3.8, 4) is 0 Å². The van der Waals surface area contributed by atoms with E-state index in [0.29, 0.717) is 29.0 Å². The summed E-state index contributed by atoms with van der Waals surface area (Å²) in [7, 11) is 0. The minimum atomic E-state index is 0.296. The molecule has 114 valence electrons. The van der Waals surface area contributed by atoms with Crippen LogP contribution < -0.4 is 0 Å². The van der Waals surface area contributed by atoms with Gasteiger partial charge in [0.2, 0.25) is 0 Å². The summed E-state index contributed by atoms with van der Waals surface area (Å²) in [5.74, 6) is 0. The van der Waals surface area contributed by atoms with Crippen LogP contribution >= 0.6 is 0 Å². The molecule has 1 aliphatic carbocycles. The van der Waals surface area contributed by atoms with E-state index in [4.69, 9.17) is 9.78 Å². The molecule has 0 N–H and O–H groups in total. The molecular weight excluding hydrogens is 236 g/mol. The molecule has 0 saturated heterocycles. The first kappa shape index (κ1) is 17.0. The van der Waals surface area contributed by atoms with Crippen molar-refractivity contribution in [1.29, 1.82) is 0 Å². The molecule has 1 saturated carbocycles. The van der Waals surface area contributed by atoms with Crippen molar-refractivity contribution in [2.24, 2.45) is 16.2 Å². The van der Waals surface area contributed by atoms with Gasteiger partial charge in [-0.25, -0.2) is 9.78 Å². The molecule has 0 unspecified atom stereocenters. The topological polar surface area (TPSA) is 18.5 Å². The largest absolute Gasteiger partial charge is 0.236 e. The van der Waals surface area contributed by atoms with Crippen molar-refractivity contribution < 1.29 is 9.78 Å². The van der Waals surface area contributed by atoms with Crippen LogP contribution in [0.4, 0.5) is 0 Å². The first-order chi connectivity index (χ1) is 8.64. The van der Waals surface area contributed by atoms with Gasteiger partial charge in [0.15, 0.2) is 0 Å². The van der Waals surface area contributed by atoms with Gasteiger partial charge in [-0.05, 0) is 48.3 Å². The summed E-state index contributed by atoms with van der Waals surface area (Å²) in [6, 6.07) is 0. The Balaban J connectivity index is 2.66. The zero-order valence-electron chi connectivity index (χ0n) is 14.1. The molecule has 0 amide bonds. The molecule has 0 radical (unpaired) electrons. The summed E-state index contributed by atoms with van der Waals surface area (Å²) in [6.07, 6.45) is 6.03. The van der Waals surface area contributed by atoms with Crippen LogP contribution in [0.5, 0.6) is 0 Å². The Labute approximate surface area is 120 Å². The predicted molar refractivity (Wildman–Crippen MR) is 80.9 cm³/mol. The van der Waals surface area contributed by atoms with Crippen molar-refractivity contribution in [3.63, 3.8) is 0 Å². The quantitative estimate of drug-likeness (QED) is 0.388. The van der Waals surface area contributed by atoms with Gasteiger partial charge in [-0.2, -0.15) is 0 Å². The van der Waals surface area contributed by atoms with E-state index < -0.39 is 0 Å². The van der Waals surface area contributed by atoms with Gasteiger partial charge in [-0.15, -0.1) is 0 Å². The second kappa shape index (κ2) is 6.13. The highest BCUT2D eigenvalue weighted by molar-refractivity contribution is 5.01. The highest BCUT2D eigenvalue weighted by Gasteiger charge is 2.51. The van der Waals surface area contributed by atoms with Crippen LogP contribution in [0, 0.1) is 16.2 Å². The van der Waals surface area contributed by atoms with Crippen LogP contribution in [0.15, 0.2) is 0 Å². The number of hydrogen-bond donors (Lipinski definition) is 0. The monoisotopic (exact) mass is 270 g/mol. The highest BCUT2D eigenvalue weighted by Crippen LogP contribution is 2.59. The van der Waals surface area contributed by atoms with Crippen molar-refractivity contribution in [2.75, 3.05) is 6.61 Å². The Hall–Kier alpha value is -0.0800. The fourth-order valence-electron chi connectivity index (χ4n) is 4.03. The van der Waals surface area contributed by atoms with Crippen LogP contribution in [-0.4, -0.2) is 12.7 Å². The van der Waals surface area contributed by atoms with Crippen molar-refractivity contribution in [1.82, 2.24) is 0 Å². The Morgan fingerprint density at radius 3 is 1.79 bits per heavy atom. The van der Waals surface area contributed by atoms with Crippen LogP contribution in [0.25, 0.3) is 0 Å². The van der Waals surface area contributed by atoms with Gasteiger partial charge in [-0.1, -0.05) is 48.5 Å². The zero-order valence-corrected chi connectivity index (χ0v) is 14.1. The standard InChI is InChI=1S/C17H34O2/c1-8-13-18-19-14-9-11-17(12-10-14,15(2,3)4)16(5,6)7/h14H,8-13H2,1-7H3. The average Bonchev–Trinajstić information content (AvgIpc) is 2.27. The molecule has 0 aliphatic heterocycles. The third kappa shape index (κ3) is 3.72. The maximum Gasteiger partial charge on any atom is 0.0930 e. The molecule has 19 heavy (non-hydrogen) atoms. The number of rotatable bonds is 4. The van der Waals surface area contributed by atoms with Gasteiger partial charge in [0.05, 0.1) is 12.7 Å². The third-order valence-electron chi connectivity index (χ3n) is 5.15. The van der Waals surface area contributed by atoms with Crippen LogP contribution in [0.2, 0.25) is 0 Å². The van der Waals surface area contributed by atoms with E-state index in [9.17, 15) is 0 Å². The lowest BCUT2D eigenvalue weighted by molar-refractivity contribution is -0.333. The van der Waals surface area contributed by atoms with E-state index in [-0.39, 0.29) is 0 Å². The first-order valence-electron chi connectivity index (χ1n) is 7.92. The fourth-order valence-corrected chi connectivity index (χ4v) is 4.03. The van der Waals surface area contributed by atoms with E-state index >= 15 is 0 Å². The Kier molecular flexibility index (Phi) is 5.48. The average molecular weight is 270 g/mol. The first-order valence-corrected chi connectivity index (χ1v) is 7.92. The lowest BCUT2D eigenvalue weighted by Crippen LogP contribution is -2.49. The van der Waals surface area contributed by atoms with Crippen LogP contribution in [0.1, 0.15) is 80.6 Å². The Morgan fingerprint density at radius 1 is 0.947 bits per heavy atom. The smallest absolute Gasteiger partial charge is 0.0930 e. The van der Waals surface area contributed by atoms with Crippen LogP contribution in [-0.2, 0) is 9.78 Å². The Bertz CT molecular complexity index is 246. The summed E-state index contributed by atoms with van der Waals surface area (Å²) in [5, 5.41) is 0. The normalized spacial score (nSPS) is 21.6. The lowest BCUT2D eigenvalue weighted by atomic mass is 9.49. The molecule has 2 nitrogen and oxygen atoms in total. The summed E-state index contributed by atoms with van der Waals surface area (Å²) < 4.78 is 0. The molecule has 0 aromatic carbocycles. The van der Waals surface area contributed by atoms with Gasteiger partial charge < -0.3 is 0 Å². The molecule has 2 heteroatoms. The molecule has 0 atom stereocenters. The minimum Gasteiger partial charge on any atom is -0.236 e. The van der Waals surface area contributed by atoms with Crippen LogP contribution in [0.3, 0.4) is 0 Å². The van der Waals surface area contributed by atoms with E-state index in [2.05, 4.69) is 48.5 Å². The summed E-state index contributed by atoms with van der Waals surface area (Å²) in [5.41, 5.74) is 1.06. The fraction of sp³-hybridized carbons (Fsp3) is 1.00. The molecule has 0 bridgehead atoms. The van der Waals surface area contributed by atoms with Gasteiger partial charge in [0.1, 0.15) is 0 Å². The van der Waals surface area contributed by atoms with E-state index in [1.165, 1.54) is 12.8 Å². The third-order valence-corrected chi connectivity index (χ3v) is 5.15. The molecule has 0 spiro atoms. The minimum absolute atomic E-state index is 0.296. The molecule has 1 fully saturated rings. The van der Waals surface area contributed by atoms with Gasteiger partial charge >= 0.3 is 0 Å². The molecule has 0 aromatic rings. The molecule has 1 rings (SSSR count). The summed E-state index contributed by atoms with van der Waals surface area (Å²) in [6.45, 7) is 17.2.